The van der Waals surface area contributed by atoms with Gasteiger partial charge < -0.3 is 10.3 Å². The Morgan fingerprint density at radius 1 is 0.952 bits per heavy atom. The van der Waals surface area contributed by atoms with Gasteiger partial charge in [0.15, 0.2) is 0 Å². The summed E-state index contributed by atoms with van der Waals surface area (Å²) in [6.45, 7) is 0. The zero-order valence-corrected chi connectivity index (χ0v) is 15.2. The molecule has 2 N–H and O–H groups in total. The highest BCUT2D eigenvalue weighted by molar-refractivity contribution is 9.11. The summed E-state index contributed by atoms with van der Waals surface area (Å²) >= 11 is 10.2. The zero-order chi connectivity index (χ0) is 15.0. The van der Waals surface area contributed by atoms with Crippen LogP contribution in [0.4, 0.5) is 5.69 Å². The lowest BCUT2D eigenvalue weighted by atomic mass is 10.2. The fourth-order valence-electron chi connectivity index (χ4n) is 1.81. The topological polar surface area (TPSA) is 64.9 Å². The van der Waals surface area contributed by atoms with E-state index < -0.39 is 0 Å². The largest absolute Gasteiger partial charge is 0.397 e. The van der Waals surface area contributed by atoms with E-state index in [1.807, 2.05) is 36.4 Å². The second-order valence-electron chi connectivity index (χ2n) is 4.28. The molecule has 3 aromatic rings. The van der Waals surface area contributed by atoms with Crippen LogP contribution in [0.3, 0.4) is 0 Å². The molecule has 4 nitrogen and oxygen atoms in total. The number of hydrogen-bond acceptors (Lipinski definition) is 4. The maximum absolute atomic E-state index is 6.05. The summed E-state index contributed by atoms with van der Waals surface area (Å²) < 4.78 is 7.98. The number of rotatable bonds is 2. The highest BCUT2D eigenvalue weighted by Gasteiger charge is 2.15. The summed E-state index contributed by atoms with van der Waals surface area (Å²) in [5, 5.41) is 4.01. The van der Waals surface area contributed by atoms with Gasteiger partial charge in [-0.25, -0.2) is 0 Å². The number of benzene rings is 2. The predicted octanol–water partition coefficient (Wildman–Crippen LogP) is 5.27. The third-order valence-electron chi connectivity index (χ3n) is 2.85. The Hall–Kier alpha value is -1.18. The van der Waals surface area contributed by atoms with Crippen molar-refractivity contribution in [2.75, 3.05) is 5.73 Å². The van der Waals surface area contributed by atoms with Gasteiger partial charge in [0.25, 0.3) is 5.89 Å². The van der Waals surface area contributed by atoms with Gasteiger partial charge in [0.2, 0.25) is 5.82 Å². The Labute approximate surface area is 146 Å². The van der Waals surface area contributed by atoms with Crippen molar-refractivity contribution < 1.29 is 4.52 Å². The SMILES string of the molecule is Nc1c(Br)cc(Br)cc1-c1nc(-c2ccc(Br)cc2)no1. The summed E-state index contributed by atoms with van der Waals surface area (Å²) in [6, 6.07) is 11.4. The van der Waals surface area contributed by atoms with Crippen LogP contribution in [0.1, 0.15) is 0 Å². The molecule has 0 amide bonds. The summed E-state index contributed by atoms with van der Waals surface area (Å²) in [5.41, 5.74) is 8.17. The molecule has 0 aliphatic rings. The average molecular weight is 474 g/mol. The lowest BCUT2D eigenvalue weighted by molar-refractivity contribution is 0.432. The summed E-state index contributed by atoms with van der Waals surface area (Å²) in [5.74, 6) is 0.903. The van der Waals surface area contributed by atoms with Crippen LogP contribution in [0.15, 0.2) is 54.3 Å². The summed E-state index contributed by atoms with van der Waals surface area (Å²) in [6.07, 6.45) is 0. The van der Waals surface area contributed by atoms with Crippen LogP contribution in [-0.4, -0.2) is 10.1 Å². The monoisotopic (exact) mass is 471 g/mol. The smallest absolute Gasteiger partial charge is 0.260 e. The lowest BCUT2D eigenvalue weighted by Crippen LogP contribution is -1.92. The van der Waals surface area contributed by atoms with E-state index in [9.17, 15) is 0 Å². The molecule has 0 fully saturated rings. The highest BCUT2D eigenvalue weighted by Crippen LogP contribution is 2.35. The predicted molar refractivity (Wildman–Crippen MR) is 92.7 cm³/mol. The molecule has 3 rings (SSSR count). The van der Waals surface area contributed by atoms with Crippen LogP contribution < -0.4 is 5.73 Å². The van der Waals surface area contributed by atoms with Gasteiger partial charge in [0, 0.05) is 19.0 Å². The molecule has 21 heavy (non-hydrogen) atoms. The van der Waals surface area contributed by atoms with Crippen molar-refractivity contribution in [3.8, 4) is 22.8 Å². The Morgan fingerprint density at radius 2 is 1.67 bits per heavy atom. The molecule has 106 valence electrons. The zero-order valence-electron chi connectivity index (χ0n) is 10.5. The molecular formula is C14H8Br3N3O. The number of halogens is 3. The van der Waals surface area contributed by atoms with Crippen LogP contribution in [0, 0.1) is 0 Å². The maximum Gasteiger partial charge on any atom is 0.260 e. The molecule has 2 aromatic carbocycles. The lowest BCUT2D eigenvalue weighted by Gasteiger charge is -2.04. The van der Waals surface area contributed by atoms with Crippen molar-refractivity contribution in [2.45, 2.75) is 0 Å². The minimum Gasteiger partial charge on any atom is -0.397 e. The maximum atomic E-state index is 6.05. The van der Waals surface area contributed by atoms with Gasteiger partial charge >= 0.3 is 0 Å². The van der Waals surface area contributed by atoms with Crippen LogP contribution >= 0.6 is 47.8 Å². The molecular weight excluding hydrogens is 466 g/mol. The van der Waals surface area contributed by atoms with Crippen LogP contribution in [0.25, 0.3) is 22.8 Å². The molecule has 1 heterocycles. The molecule has 0 aliphatic carbocycles. The fraction of sp³-hybridized carbons (Fsp3) is 0. The summed E-state index contributed by atoms with van der Waals surface area (Å²) in [4.78, 5) is 4.41. The number of aromatic nitrogens is 2. The van der Waals surface area contributed by atoms with Crippen molar-refractivity contribution in [2.24, 2.45) is 0 Å². The van der Waals surface area contributed by atoms with Crippen molar-refractivity contribution in [1.29, 1.82) is 0 Å². The Morgan fingerprint density at radius 3 is 2.38 bits per heavy atom. The number of nitrogens with zero attached hydrogens (tertiary/aromatic N) is 2. The van der Waals surface area contributed by atoms with E-state index >= 15 is 0 Å². The van der Waals surface area contributed by atoms with E-state index in [1.165, 1.54) is 0 Å². The summed E-state index contributed by atoms with van der Waals surface area (Å²) in [7, 11) is 0. The van der Waals surface area contributed by atoms with Gasteiger partial charge in [-0.1, -0.05) is 37.0 Å². The van der Waals surface area contributed by atoms with E-state index in [-0.39, 0.29) is 0 Å². The molecule has 0 spiro atoms. The van der Waals surface area contributed by atoms with Crippen LogP contribution in [0.2, 0.25) is 0 Å². The first kappa shape index (κ1) is 14.7. The van der Waals surface area contributed by atoms with E-state index in [4.69, 9.17) is 10.3 Å². The standard InChI is InChI=1S/C14H8Br3N3O/c15-8-3-1-7(2-4-8)13-19-14(21-20-13)10-5-9(16)6-11(17)12(10)18/h1-6H,18H2. The van der Waals surface area contributed by atoms with E-state index in [1.54, 1.807) is 0 Å². The van der Waals surface area contributed by atoms with E-state index in [0.29, 0.717) is 23.0 Å². The molecule has 0 saturated heterocycles. The quantitative estimate of drug-likeness (QED) is 0.515. The Balaban J connectivity index is 2.04. The van der Waals surface area contributed by atoms with Gasteiger partial charge in [0.05, 0.1) is 11.3 Å². The fourth-order valence-corrected chi connectivity index (χ4v) is 3.30. The van der Waals surface area contributed by atoms with Crippen LogP contribution in [0.5, 0.6) is 0 Å². The first-order valence-corrected chi connectivity index (χ1v) is 8.27. The normalized spacial score (nSPS) is 10.8. The average Bonchev–Trinajstić information content (AvgIpc) is 2.93. The molecule has 0 bridgehead atoms. The van der Waals surface area contributed by atoms with E-state index in [0.717, 1.165) is 19.0 Å². The van der Waals surface area contributed by atoms with Gasteiger partial charge in [-0.2, -0.15) is 4.98 Å². The van der Waals surface area contributed by atoms with Gasteiger partial charge in [-0.15, -0.1) is 0 Å². The highest BCUT2D eigenvalue weighted by atomic mass is 79.9. The van der Waals surface area contributed by atoms with Gasteiger partial charge in [-0.3, -0.25) is 0 Å². The van der Waals surface area contributed by atoms with Crippen molar-refractivity contribution >= 4 is 53.5 Å². The van der Waals surface area contributed by atoms with Crippen molar-refractivity contribution in [3.05, 3.63) is 49.8 Å². The molecule has 0 aliphatic heterocycles. The second-order valence-corrected chi connectivity index (χ2v) is 6.96. The number of anilines is 1. The molecule has 0 radical (unpaired) electrons. The number of nitrogen functional groups attached to an aromatic ring is 1. The Kier molecular flexibility index (Phi) is 4.14. The molecule has 0 saturated carbocycles. The third kappa shape index (κ3) is 3.04. The van der Waals surface area contributed by atoms with E-state index in [2.05, 4.69) is 57.9 Å². The van der Waals surface area contributed by atoms with Gasteiger partial charge in [-0.05, 0) is 52.3 Å². The third-order valence-corrected chi connectivity index (χ3v) is 4.50. The minimum atomic E-state index is 0.382. The number of nitrogens with two attached hydrogens (primary N) is 1. The number of hydrogen-bond donors (Lipinski definition) is 1. The van der Waals surface area contributed by atoms with Crippen molar-refractivity contribution in [3.63, 3.8) is 0 Å². The second kappa shape index (κ2) is 5.90. The Bertz CT molecular complexity index is 800. The molecule has 0 unspecified atom stereocenters. The molecule has 0 atom stereocenters. The first-order valence-electron chi connectivity index (χ1n) is 5.89. The van der Waals surface area contributed by atoms with Crippen molar-refractivity contribution in [1.82, 2.24) is 10.1 Å². The molecule has 1 aromatic heterocycles. The van der Waals surface area contributed by atoms with Crippen LogP contribution in [-0.2, 0) is 0 Å². The van der Waals surface area contributed by atoms with Gasteiger partial charge in [0.1, 0.15) is 0 Å². The first-order chi connectivity index (χ1) is 10.0. The minimum absolute atomic E-state index is 0.382. The molecule has 7 heteroatoms.